The average molecular weight is 584 g/mol. The maximum Gasteiger partial charge on any atom is 0.527 e. The second-order valence-corrected chi connectivity index (χ2v) is 9.01. The summed E-state index contributed by atoms with van der Waals surface area (Å²) in [5.41, 5.74) is -1.91. The van der Waals surface area contributed by atoms with Gasteiger partial charge in [-0.15, -0.1) is 13.2 Å². The van der Waals surface area contributed by atoms with E-state index < -0.39 is 64.6 Å². The molecule has 0 aliphatic heterocycles. The Kier molecular flexibility index (Phi) is 8.67. The second-order valence-electron chi connectivity index (χ2n) is 9.01. The number of hydrogen-bond acceptors (Lipinski definition) is 2. The third-order valence-electron chi connectivity index (χ3n) is 6.18. The van der Waals surface area contributed by atoms with E-state index in [4.69, 9.17) is 4.74 Å². The Hall–Kier alpha value is -3.99. The molecule has 4 rings (SSSR count). The molecule has 0 aliphatic carbocycles. The molecule has 4 aromatic carbocycles. The maximum absolute atomic E-state index is 15.3. The third-order valence-corrected chi connectivity index (χ3v) is 6.18. The van der Waals surface area contributed by atoms with Crippen molar-refractivity contribution < 1.29 is 49.0 Å². The Bertz CT molecular complexity index is 1550. The summed E-state index contributed by atoms with van der Waals surface area (Å²) in [5.74, 6) is -4.60. The van der Waals surface area contributed by atoms with Gasteiger partial charge < -0.3 is 4.74 Å². The van der Waals surface area contributed by atoms with Crippen LogP contribution in [0.15, 0.2) is 72.8 Å². The molecule has 11 heteroatoms. The molecule has 0 saturated heterocycles. The molecule has 0 heterocycles. The van der Waals surface area contributed by atoms with Crippen LogP contribution in [0.2, 0.25) is 0 Å². The van der Waals surface area contributed by atoms with Crippen LogP contribution in [0.1, 0.15) is 30.0 Å². The molecule has 0 fully saturated rings. The van der Waals surface area contributed by atoms with Gasteiger partial charge >= 0.3 is 12.5 Å². The molecule has 0 amide bonds. The molecule has 4 aromatic rings. The number of allylic oxidation sites excluding steroid dienone is 2. The molecule has 0 aliphatic rings. The number of rotatable bonds is 9. The molecular formula is C30H21F9O2. The molecule has 0 bridgehead atoms. The molecule has 0 N–H and O–H groups in total. The van der Waals surface area contributed by atoms with Gasteiger partial charge in [0.25, 0.3) is 0 Å². The highest BCUT2D eigenvalue weighted by Crippen LogP contribution is 2.37. The lowest BCUT2D eigenvalue weighted by atomic mass is 9.96. The highest BCUT2D eigenvalue weighted by atomic mass is 19.4. The Morgan fingerprint density at radius 2 is 1.44 bits per heavy atom. The lowest BCUT2D eigenvalue weighted by molar-refractivity contribution is -0.431. The van der Waals surface area contributed by atoms with Crippen LogP contribution in [0.4, 0.5) is 39.5 Å². The number of alkyl halides is 5. The Balaban J connectivity index is 1.54. The van der Waals surface area contributed by atoms with Crippen molar-refractivity contribution in [2.45, 2.75) is 38.8 Å². The predicted octanol–water partition coefficient (Wildman–Crippen LogP) is 9.74. The van der Waals surface area contributed by atoms with Crippen molar-refractivity contribution in [1.82, 2.24) is 0 Å². The van der Waals surface area contributed by atoms with Crippen LogP contribution in [0.3, 0.4) is 0 Å². The van der Waals surface area contributed by atoms with Crippen LogP contribution in [-0.2, 0) is 23.9 Å². The first kappa shape index (κ1) is 30.0. The largest absolute Gasteiger partial charge is 0.527 e. The zero-order chi connectivity index (χ0) is 29.9. The smallest absolute Gasteiger partial charge is 0.489 e. The highest BCUT2D eigenvalue weighted by molar-refractivity contribution is 5.89. The van der Waals surface area contributed by atoms with Crippen LogP contribution in [0.25, 0.3) is 21.9 Å². The molecule has 216 valence electrons. The van der Waals surface area contributed by atoms with Crippen LogP contribution >= 0.6 is 0 Å². The fourth-order valence-electron chi connectivity index (χ4n) is 4.21. The van der Waals surface area contributed by atoms with Gasteiger partial charge in [0.05, 0.1) is 16.7 Å². The monoisotopic (exact) mass is 584 g/mol. The molecule has 41 heavy (non-hydrogen) atoms. The summed E-state index contributed by atoms with van der Waals surface area (Å²) < 4.78 is 132. The minimum atomic E-state index is -5.59. The zero-order valence-electron chi connectivity index (χ0n) is 21.3. The lowest BCUT2D eigenvalue weighted by Crippen LogP contribution is -2.27. The van der Waals surface area contributed by atoms with Gasteiger partial charge in [-0.1, -0.05) is 30.4 Å². The van der Waals surface area contributed by atoms with E-state index in [0.717, 1.165) is 42.3 Å². The van der Waals surface area contributed by atoms with Crippen molar-refractivity contribution in [1.29, 1.82) is 0 Å². The molecule has 2 nitrogen and oxygen atoms in total. The van der Waals surface area contributed by atoms with Gasteiger partial charge in [0.1, 0.15) is 35.6 Å². The van der Waals surface area contributed by atoms with Crippen LogP contribution in [0.5, 0.6) is 5.75 Å². The Morgan fingerprint density at radius 3 is 2.05 bits per heavy atom. The summed E-state index contributed by atoms with van der Waals surface area (Å²) in [7, 11) is 0. The molecule has 0 unspecified atom stereocenters. The molecule has 0 spiro atoms. The van der Waals surface area contributed by atoms with Crippen LogP contribution in [-0.4, -0.2) is 6.36 Å². The van der Waals surface area contributed by atoms with Crippen molar-refractivity contribution in [2.75, 3.05) is 0 Å². The fraction of sp³-hybridized carbons (Fsp3) is 0.200. The van der Waals surface area contributed by atoms with Crippen LogP contribution < -0.4 is 4.74 Å². The number of aryl methyl sites for hydroxylation is 1. The minimum absolute atomic E-state index is 0.0686. The molecule has 0 saturated carbocycles. The summed E-state index contributed by atoms with van der Waals surface area (Å²) in [4.78, 5) is 0. The lowest BCUT2D eigenvalue weighted by Gasteiger charge is -2.18. The number of halogens is 9. The Labute approximate surface area is 228 Å². The molecule has 0 radical (unpaired) electrons. The van der Waals surface area contributed by atoms with Gasteiger partial charge in [-0.25, -0.2) is 22.3 Å². The summed E-state index contributed by atoms with van der Waals surface area (Å²) in [5, 5.41) is 0.362. The summed E-state index contributed by atoms with van der Waals surface area (Å²) in [6, 6.07) is 10.3. The van der Waals surface area contributed by atoms with Gasteiger partial charge in [0.15, 0.2) is 0 Å². The number of benzene rings is 4. The topological polar surface area (TPSA) is 18.5 Å². The number of fused-ring (bicyclic) bond motifs is 1. The average Bonchev–Trinajstić information content (AvgIpc) is 2.87. The van der Waals surface area contributed by atoms with Gasteiger partial charge in [-0.2, -0.15) is 8.78 Å². The molecular weight excluding hydrogens is 563 g/mol. The normalized spacial score (nSPS) is 12.4. The Morgan fingerprint density at radius 1 is 0.780 bits per heavy atom. The fourth-order valence-corrected chi connectivity index (χ4v) is 4.21. The van der Waals surface area contributed by atoms with E-state index >= 15 is 4.39 Å². The van der Waals surface area contributed by atoms with Gasteiger partial charge in [-0.3, -0.25) is 0 Å². The summed E-state index contributed by atoms with van der Waals surface area (Å²) >= 11 is 0. The van der Waals surface area contributed by atoms with E-state index in [1.54, 1.807) is 12.1 Å². The van der Waals surface area contributed by atoms with Crippen molar-refractivity contribution in [2.24, 2.45) is 0 Å². The van der Waals surface area contributed by atoms with Crippen molar-refractivity contribution in [3.8, 4) is 16.9 Å². The van der Waals surface area contributed by atoms with Crippen molar-refractivity contribution >= 4 is 10.8 Å². The van der Waals surface area contributed by atoms with E-state index in [1.807, 2.05) is 19.1 Å². The predicted molar refractivity (Wildman–Crippen MR) is 134 cm³/mol. The van der Waals surface area contributed by atoms with E-state index in [-0.39, 0.29) is 11.1 Å². The quantitative estimate of drug-likeness (QED) is 0.144. The van der Waals surface area contributed by atoms with E-state index in [2.05, 4.69) is 4.74 Å². The second kappa shape index (κ2) is 11.9. The number of ether oxygens (including phenoxy) is 2. The van der Waals surface area contributed by atoms with Gasteiger partial charge in [0, 0.05) is 5.39 Å². The minimum Gasteiger partial charge on any atom is -0.489 e. The summed E-state index contributed by atoms with van der Waals surface area (Å²) in [6.07, 6.45) is -5.00. The van der Waals surface area contributed by atoms with E-state index in [1.165, 1.54) is 6.07 Å². The van der Waals surface area contributed by atoms with Gasteiger partial charge in [0.2, 0.25) is 0 Å². The van der Waals surface area contributed by atoms with E-state index in [9.17, 15) is 35.1 Å². The van der Waals surface area contributed by atoms with Crippen molar-refractivity contribution in [3.05, 3.63) is 113 Å². The number of hydrogen-bond donors (Lipinski definition) is 0. The SMILES string of the molecule is CC=CCCc1ccc2c(F)c(-c3cc(F)c(COc4ccc(C(F)(F)OC(F)(F)F)cc4)c(F)c3)c(F)cc2c1. The first-order valence-corrected chi connectivity index (χ1v) is 12.2. The maximum atomic E-state index is 15.3. The van der Waals surface area contributed by atoms with Crippen LogP contribution in [0, 0.1) is 23.3 Å². The molecule has 0 aromatic heterocycles. The molecule has 0 atom stereocenters. The highest BCUT2D eigenvalue weighted by Gasteiger charge is 2.46. The summed E-state index contributed by atoms with van der Waals surface area (Å²) in [6.45, 7) is 1.12. The third kappa shape index (κ3) is 7.02. The van der Waals surface area contributed by atoms with Crippen molar-refractivity contribution in [3.63, 3.8) is 0 Å². The standard InChI is InChI=1S/C30H21F9O2/c1-2-3-4-5-17-6-11-22-18(12-17)13-26(33)27(28(22)34)19-14-24(31)23(25(32)15-19)16-40-21-9-7-20(8-10-21)29(35,36)41-30(37,38)39/h2-3,6-15H,4-5,16H2,1H3. The van der Waals surface area contributed by atoms with Gasteiger partial charge in [-0.05, 0) is 78.7 Å². The van der Waals surface area contributed by atoms with E-state index in [0.29, 0.717) is 23.9 Å². The first-order chi connectivity index (χ1) is 19.3. The first-order valence-electron chi connectivity index (χ1n) is 12.2. The zero-order valence-corrected chi connectivity index (χ0v) is 21.3.